The number of nitrogens with zero attached hydrogens (tertiary/aromatic N) is 1. The molecule has 0 rings (SSSR count). The van der Waals surface area contributed by atoms with Crippen LogP contribution in [0.5, 0.6) is 0 Å². The number of hydrogen-bond acceptors (Lipinski definition) is 7. The van der Waals surface area contributed by atoms with Gasteiger partial charge in [-0.1, -0.05) is 131 Å². The van der Waals surface area contributed by atoms with Crippen LogP contribution in [0.4, 0.5) is 0 Å². The highest BCUT2D eigenvalue weighted by molar-refractivity contribution is 5.69. The van der Waals surface area contributed by atoms with E-state index >= 15 is 0 Å². The lowest BCUT2D eigenvalue weighted by atomic mass is 9.91. The Morgan fingerprint density at radius 1 is 0.633 bits per heavy atom. The largest absolute Gasteiger partial charge is 0.466 e. The van der Waals surface area contributed by atoms with Gasteiger partial charge in [-0.15, -0.1) is 0 Å². The van der Waals surface area contributed by atoms with Crippen LogP contribution in [0.25, 0.3) is 0 Å². The van der Waals surface area contributed by atoms with E-state index < -0.39 is 6.10 Å². The van der Waals surface area contributed by atoms with Crippen LogP contribution in [0, 0.1) is 11.8 Å². The summed E-state index contributed by atoms with van der Waals surface area (Å²) >= 11 is 0. The number of esters is 2. The van der Waals surface area contributed by atoms with E-state index in [2.05, 4.69) is 39.5 Å². The molecule has 0 saturated heterocycles. The van der Waals surface area contributed by atoms with Crippen molar-refractivity contribution < 1.29 is 29.3 Å². The Bertz CT molecular complexity index is 732. The maximum Gasteiger partial charge on any atom is 0.306 e. The maximum absolute atomic E-state index is 12.6. The van der Waals surface area contributed by atoms with Gasteiger partial charge in [0.1, 0.15) is 6.10 Å². The molecule has 7 nitrogen and oxygen atoms in total. The van der Waals surface area contributed by atoms with Gasteiger partial charge in [0, 0.05) is 32.5 Å². The summed E-state index contributed by atoms with van der Waals surface area (Å²) in [6.45, 7) is 14.2. The highest BCUT2D eigenvalue weighted by Gasteiger charge is 2.18. The minimum atomic E-state index is -0.391. The molecule has 0 aliphatic heterocycles. The monoisotopic (exact) mass is 698 g/mol. The minimum absolute atomic E-state index is 0.0323. The molecular formula is C42H83NO6. The number of rotatable bonds is 37. The molecule has 3 unspecified atom stereocenters. The molecule has 7 heteroatoms. The summed E-state index contributed by atoms with van der Waals surface area (Å²) in [4.78, 5) is 26.9. The lowest BCUT2D eigenvalue weighted by Gasteiger charge is -2.25. The molecule has 0 bridgehead atoms. The van der Waals surface area contributed by atoms with Crippen molar-refractivity contribution in [2.75, 3.05) is 32.8 Å². The second kappa shape index (κ2) is 35.2. The van der Waals surface area contributed by atoms with E-state index in [1.54, 1.807) is 0 Å². The van der Waals surface area contributed by atoms with Gasteiger partial charge < -0.3 is 24.6 Å². The van der Waals surface area contributed by atoms with Gasteiger partial charge in [0.15, 0.2) is 0 Å². The van der Waals surface area contributed by atoms with Gasteiger partial charge in [0.05, 0.1) is 12.7 Å². The van der Waals surface area contributed by atoms with Crippen molar-refractivity contribution in [2.45, 2.75) is 214 Å². The molecule has 0 amide bonds. The SMILES string of the molecule is CCCCCCCCCOC(=O)CCCCCC(O)CN(CCCO)CCCCCCCC(=O)OC(CCC(CC)CCCC)CC(C)C. The summed E-state index contributed by atoms with van der Waals surface area (Å²) in [7, 11) is 0. The first kappa shape index (κ1) is 47.8. The lowest BCUT2D eigenvalue weighted by molar-refractivity contribution is -0.150. The van der Waals surface area contributed by atoms with Crippen LogP contribution in [0.15, 0.2) is 0 Å². The fourth-order valence-corrected chi connectivity index (χ4v) is 6.72. The van der Waals surface area contributed by atoms with Crippen molar-refractivity contribution in [1.29, 1.82) is 0 Å². The van der Waals surface area contributed by atoms with Gasteiger partial charge in [-0.3, -0.25) is 9.59 Å². The molecule has 0 fully saturated rings. The summed E-state index contributed by atoms with van der Waals surface area (Å²) in [5, 5.41) is 20.0. The Balaban J connectivity index is 4.11. The van der Waals surface area contributed by atoms with Crippen LogP contribution in [-0.4, -0.2) is 72.1 Å². The number of aliphatic hydroxyl groups is 2. The maximum atomic E-state index is 12.6. The van der Waals surface area contributed by atoms with E-state index in [0.717, 1.165) is 109 Å². The Morgan fingerprint density at radius 3 is 1.88 bits per heavy atom. The Morgan fingerprint density at radius 2 is 1.22 bits per heavy atom. The molecule has 292 valence electrons. The van der Waals surface area contributed by atoms with E-state index in [-0.39, 0.29) is 24.6 Å². The van der Waals surface area contributed by atoms with Gasteiger partial charge in [0.25, 0.3) is 0 Å². The number of unbranched alkanes of at least 4 members (excludes halogenated alkanes) is 13. The first-order valence-electron chi connectivity index (χ1n) is 21.1. The first-order valence-corrected chi connectivity index (χ1v) is 21.1. The van der Waals surface area contributed by atoms with Crippen LogP contribution in [-0.2, 0) is 19.1 Å². The molecule has 3 atom stereocenters. The Labute approximate surface area is 304 Å². The van der Waals surface area contributed by atoms with E-state index in [0.29, 0.717) is 38.3 Å². The molecular weight excluding hydrogens is 614 g/mol. The van der Waals surface area contributed by atoms with Crippen molar-refractivity contribution in [3.8, 4) is 0 Å². The highest BCUT2D eigenvalue weighted by atomic mass is 16.5. The number of ether oxygens (including phenoxy) is 2. The highest BCUT2D eigenvalue weighted by Crippen LogP contribution is 2.23. The number of aliphatic hydroxyl groups excluding tert-OH is 2. The molecule has 49 heavy (non-hydrogen) atoms. The fourth-order valence-electron chi connectivity index (χ4n) is 6.72. The predicted octanol–water partition coefficient (Wildman–Crippen LogP) is 10.6. The summed E-state index contributed by atoms with van der Waals surface area (Å²) in [5.41, 5.74) is 0. The average Bonchev–Trinajstić information content (AvgIpc) is 3.07. The van der Waals surface area contributed by atoms with E-state index in [1.165, 1.54) is 57.8 Å². The molecule has 0 aromatic heterocycles. The van der Waals surface area contributed by atoms with Gasteiger partial charge in [-0.2, -0.15) is 0 Å². The Hall–Kier alpha value is -1.18. The molecule has 0 aromatic rings. The van der Waals surface area contributed by atoms with Gasteiger partial charge in [0.2, 0.25) is 0 Å². The van der Waals surface area contributed by atoms with Crippen molar-refractivity contribution >= 4 is 11.9 Å². The summed E-state index contributed by atoms with van der Waals surface area (Å²) in [6, 6.07) is 0. The van der Waals surface area contributed by atoms with Crippen LogP contribution >= 0.6 is 0 Å². The molecule has 0 heterocycles. The number of carbonyl (C=O) groups is 2. The molecule has 0 aromatic carbocycles. The quantitative estimate of drug-likeness (QED) is 0.0493. The molecule has 0 aliphatic rings. The predicted molar refractivity (Wildman–Crippen MR) is 206 cm³/mol. The zero-order chi connectivity index (χ0) is 36.4. The molecule has 0 spiro atoms. The molecule has 2 N–H and O–H groups in total. The van der Waals surface area contributed by atoms with Crippen LogP contribution in [0.1, 0.15) is 202 Å². The summed E-state index contributed by atoms with van der Waals surface area (Å²) < 4.78 is 11.4. The molecule has 0 saturated carbocycles. The van der Waals surface area contributed by atoms with Gasteiger partial charge in [-0.25, -0.2) is 0 Å². The van der Waals surface area contributed by atoms with Crippen molar-refractivity contribution in [2.24, 2.45) is 11.8 Å². The van der Waals surface area contributed by atoms with Gasteiger partial charge >= 0.3 is 11.9 Å². The van der Waals surface area contributed by atoms with Gasteiger partial charge in [-0.05, 0) is 76.2 Å². The third-order valence-corrected chi connectivity index (χ3v) is 9.86. The third kappa shape index (κ3) is 32.5. The van der Waals surface area contributed by atoms with Crippen LogP contribution < -0.4 is 0 Å². The number of carbonyl (C=O) groups excluding carboxylic acids is 2. The second-order valence-corrected chi connectivity index (χ2v) is 15.2. The van der Waals surface area contributed by atoms with Crippen molar-refractivity contribution in [3.05, 3.63) is 0 Å². The Kier molecular flexibility index (Phi) is 34.4. The standard InChI is InChI=1S/C42H83NO6/c1-6-9-11-12-13-17-23-34-48-41(46)27-21-18-19-26-39(45)36-43(32-24-33-44)31-22-16-14-15-20-28-42(47)49-40(35-37(4)5)30-29-38(8-3)25-10-7-2/h37-40,44-45H,6-36H2,1-5H3. The van der Waals surface area contributed by atoms with Crippen molar-refractivity contribution in [1.82, 2.24) is 4.90 Å². The van der Waals surface area contributed by atoms with E-state index in [9.17, 15) is 19.8 Å². The van der Waals surface area contributed by atoms with Crippen LogP contribution in [0.3, 0.4) is 0 Å². The zero-order valence-corrected chi connectivity index (χ0v) is 33.2. The lowest BCUT2D eigenvalue weighted by Crippen LogP contribution is -2.34. The smallest absolute Gasteiger partial charge is 0.306 e. The summed E-state index contributed by atoms with van der Waals surface area (Å²) in [5.74, 6) is 1.15. The normalized spacial score (nSPS) is 13.6. The molecule has 0 radical (unpaired) electrons. The zero-order valence-electron chi connectivity index (χ0n) is 33.2. The fraction of sp³-hybridized carbons (Fsp3) is 0.952. The number of hydrogen-bond donors (Lipinski definition) is 2. The molecule has 0 aliphatic carbocycles. The first-order chi connectivity index (χ1) is 23.7. The second-order valence-electron chi connectivity index (χ2n) is 15.2. The third-order valence-electron chi connectivity index (χ3n) is 9.86. The average molecular weight is 698 g/mol. The summed E-state index contributed by atoms with van der Waals surface area (Å²) in [6.07, 6.45) is 26.5. The van der Waals surface area contributed by atoms with E-state index in [4.69, 9.17) is 9.47 Å². The van der Waals surface area contributed by atoms with E-state index in [1.807, 2.05) is 0 Å². The van der Waals surface area contributed by atoms with Crippen molar-refractivity contribution in [3.63, 3.8) is 0 Å². The topological polar surface area (TPSA) is 96.3 Å². The van der Waals surface area contributed by atoms with Crippen LogP contribution in [0.2, 0.25) is 0 Å². The minimum Gasteiger partial charge on any atom is -0.466 e.